The molecule has 1 atom stereocenters. The summed E-state index contributed by atoms with van der Waals surface area (Å²) in [6.45, 7) is 9.30. The number of hydrogen-bond donors (Lipinski definition) is 2. The maximum Gasteiger partial charge on any atom is 0.323 e. The van der Waals surface area contributed by atoms with Gasteiger partial charge in [-0.25, -0.2) is 0 Å². The summed E-state index contributed by atoms with van der Waals surface area (Å²) in [6, 6.07) is 0. The Hall–Kier alpha value is -0.870. The molecule has 98 valence electrons. The minimum atomic E-state index is -0.753. The second kappa shape index (κ2) is 6.77. The third-order valence-electron chi connectivity index (χ3n) is 3.47. The van der Waals surface area contributed by atoms with Crippen molar-refractivity contribution in [3.8, 4) is 0 Å². The lowest BCUT2D eigenvalue weighted by atomic mass is 9.90. The fourth-order valence-corrected chi connectivity index (χ4v) is 2.46. The number of hydrogen-bond acceptors (Lipinski definition) is 3. The van der Waals surface area contributed by atoms with Gasteiger partial charge in [-0.05, 0) is 38.8 Å². The highest BCUT2D eigenvalue weighted by Gasteiger charge is 2.38. The first-order valence-corrected chi connectivity index (χ1v) is 6.46. The van der Waals surface area contributed by atoms with Crippen LogP contribution in [0.15, 0.2) is 12.7 Å². The topological polar surface area (TPSA) is 52.6 Å². The maximum atomic E-state index is 11.5. The van der Waals surface area contributed by atoms with Gasteiger partial charge >= 0.3 is 5.97 Å². The SMILES string of the molecule is C=CCNC1(C(=O)O)CCCN(CCC)CC1. The average molecular weight is 240 g/mol. The van der Waals surface area contributed by atoms with E-state index in [-0.39, 0.29) is 0 Å². The van der Waals surface area contributed by atoms with Crippen molar-refractivity contribution in [1.29, 1.82) is 0 Å². The van der Waals surface area contributed by atoms with Gasteiger partial charge in [0.2, 0.25) is 0 Å². The van der Waals surface area contributed by atoms with Crippen LogP contribution in [0.5, 0.6) is 0 Å². The highest BCUT2D eigenvalue weighted by atomic mass is 16.4. The van der Waals surface area contributed by atoms with Crippen LogP contribution in [0.2, 0.25) is 0 Å². The molecular weight excluding hydrogens is 216 g/mol. The molecule has 4 nitrogen and oxygen atoms in total. The minimum Gasteiger partial charge on any atom is -0.480 e. The molecular formula is C13H24N2O2. The third kappa shape index (κ3) is 3.82. The Morgan fingerprint density at radius 2 is 2.29 bits per heavy atom. The van der Waals surface area contributed by atoms with Crippen molar-refractivity contribution in [3.63, 3.8) is 0 Å². The first-order chi connectivity index (χ1) is 8.14. The van der Waals surface area contributed by atoms with Crippen LogP contribution in [0.25, 0.3) is 0 Å². The number of carboxylic acid groups (broad SMARTS) is 1. The molecule has 0 aromatic heterocycles. The van der Waals surface area contributed by atoms with E-state index in [9.17, 15) is 9.90 Å². The van der Waals surface area contributed by atoms with Gasteiger partial charge < -0.3 is 10.0 Å². The molecule has 1 rings (SSSR count). The summed E-state index contributed by atoms with van der Waals surface area (Å²) in [5.41, 5.74) is -0.753. The molecule has 1 heterocycles. The Morgan fingerprint density at radius 1 is 1.53 bits per heavy atom. The van der Waals surface area contributed by atoms with Crippen molar-refractivity contribution < 1.29 is 9.90 Å². The molecule has 0 bridgehead atoms. The molecule has 1 aliphatic heterocycles. The van der Waals surface area contributed by atoms with E-state index in [1.165, 1.54) is 0 Å². The molecule has 1 saturated heterocycles. The molecule has 1 unspecified atom stereocenters. The average Bonchev–Trinajstić information content (AvgIpc) is 2.51. The number of rotatable bonds is 6. The fraction of sp³-hybridized carbons (Fsp3) is 0.769. The zero-order valence-corrected chi connectivity index (χ0v) is 10.7. The molecule has 17 heavy (non-hydrogen) atoms. The summed E-state index contributed by atoms with van der Waals surface area (Å²) < 4.78 is 0. The molecule has 0 saturated carbocycles. The molecule has 1 fully saturated rings. The Balaban J connectivity index is 2.65. The maximum absolute atomic E-state index is 11.5. The second-order valence-corrected chi connectivity index (χ2v) is 4.75. The van der Waals surface area contributed by atoms with Crippen molar-refractivity contribution in [3.05, 3.63) is 12.7 Å². The van der Waals surface area contributed by atoms with Gasteiger partial charge in [-0.2, -0.15) is 0 Å². The third-order valence-corrected chi connectivity index (χ3v) is 3.47. The van der Waals surface area contributed by atoms with Crippen LogP contribution >= 0.6 is 0 Å². The van der Waals surface area contributed by atoms with Gasteiger partial charge in [-0.1, -0.05) is 13.0 Å². The highest BCUT2D eigenvalue weighted by Crippen LogP contribution is 2.23. The molecule has 0 aliphatic carbocycles. The molecule has 0 amide bonds. The predicted molar refractivity (Wildman–Crippen MR) is 69.1 cm³/mol. The quantitative estimate of drug-likeness (QED) is 0.691. The number of carboxylic acids is 1. The number of aliphatic carboxylic acids is 1. The van der Waals surface area contributed by atoms with Crippen LogP contribution in [-0.2, 0) is 4.79 Å². The number of likely N-dealkylation sites (tertiary alicyclic amines) is 1. The number of nitrogens with zero attached hydrogens (tertiary/aromatic N) is 1. The minimum absolute atomic E-state index is 0.556. The van der Waals surface area contributed by atoms with Crippen LogP contribution in [0, 0.1) is 0 Å². The Labute approximate surface area is 104 Å². The predicted octanol–water partition coefficient (Wildman–Crippen LogP) is 1.48. The van der Waals surface area contributed by atoms with Crippen LogP contribution in [0.3, 0.4) is 0 Å². The van der Waals surface area contributed by atoms with Crippen molar-refractivity contribution in [2.45, 2.75) is 38.1 Å². The van der Waals surface area contributed by atoms with Crippen molar-refractivity contribution in [2.75, 3.05) is 26.2 Å². The normalized spacial score (nSPS) is 26.4. The van der Waals surface area contributed by atoms with Gasteiger partial charge in [-0.15, -0.1) is 6.58 Å². The monoisotopic (exact) mass is 240 g/mol. The van der Waals surface area contributed by atoms with E-state index in [1.807, 2.05) is 0 Å². The van der Waals surface area contributed by atoms with Gasteiger partial charge in [0.25, 0.3) is 0 Å². The smallest absolute Gasteiger partial charge is 0.323 e. The van der Waals surface area contributed by atoms with Gasteiger partial charge in [0.1, 0.15) is 5.54 Å². The largest absolute Gasteiger partial charge is 0.480 e. The van der Waals surface area contributed by atoms with Crippen molar-refractivity contribution in [2.24, 2.45) is 0 Å². The van der Waals surface area contributed by atoms with Crippen LogP contribution in [-0.4, -0.2) is 47.7 Å². The van der Waals surface area contributed by atoms with Crippen LogP contribution < -0.4 is 5.32 Å². The van der Waals surface area contributed by atoms with Crippen molar-refractivity contribution >= 4 is 5.97 Å². The van der Waals surface area contributed by atoms with E-state index in [4.69, 9.17) is 0 Å². The van der Waals surface area contributed by atoms with Gasteiger partial charge in [0, 0.05) is 13.1 Å². The number of nitrogens with one attached hydrogen (secondary N) is 1. The standard InChI is InChI=1S/C13H24N2O2/c1-3-8-14-13(12(16)17)6-5-10-15(9-4-2)11-7-13/h3,14H,1,4-11H2,2H3,(H,16,17). The van der Waals surface area contributed by atoms with E-state index in [0.29, 0.717) is 19.4 Å². The Bertz CT molecular complexity index is 268. The zero-order chi connectivity index (χ0) is 12.7. The molecule has 0 aromatic carbocycles. The van der Waals surface area contributed by atoms with E-state index >= 15 is 0 Å². The molecule has 0 radical (unpaired) electrons. The van der Waals surface area contributed by atoms with E-state index in [0.717, 1.165) is 32.5 Å². The summed E-state index contributed by atoms with van der Waals surface area (Å²) in [6.07, 6.45) is 5.17. The summed E-state index contributed by atoms with van der Waals surface area (Å²) in [5.74, 6) is -0.724. The Kier molecular flexibility index (Phi) is 5.65. The van der Waals surface area contributed by atoms with Crippen LogP contribution in [0.1, 0.15) is 32.6 Å². The summed E-state index contributed by atoms with van der Waals surface area (Å²) in [4.78, 5) is 13.8. The molecule has 0 aromatic rings. The summed E-state index contributed by atoms with van der Waals surface area (Å²) in [5, 5.41) is 12.6. The molecule has 0 spiro atoms. The summed E-state index contributed by atoms with van der Waals surface area (Å²) >= 11 is 0. The lowest BCUT2D eigenvalue weighted by Crippen LogP contribution is -2.52. The fourth-order valence-electron chi connectivity index (χ4n) is 2.46. The van der Waals surface area contributed by atoms with Crippen molar-refractivity contribution in [1.82, 2.24) is 10.2 Å². The van der Waals surface area contributed by atoms with Crippen LogP contribution in [0.4, 0.5) is 0 Å². The summed E-state index contributed by atoms with van der Waals surface area (Å²) in [7, 11) is 0. The first-order valence-electron chi connectivity index (χ1n) is 6.46. The van der Waals surface area contributed by atoms with E-state index in [1.54, 1.807) is 6.08 Å². The van der Waals surface area contributed by atoms with Gasteiger partial charge in [0.05, 0.1) is 0 Å². The highest BCUT2D eigenvalue weighted by molar-refractivity contribution is 5.78. The molecule has 1 aliphatic rings. The van der Waals surface area contributed by atoms with E-state index in [2.05, 4.69) is 23.7 Å². The Morgan fingerprint density at radius 3 is 2.88 bits per heavy atom. The zero-order valence-electron chi connectivity index (χ0n) is 10.7. The van der Waals surface area contributed by atoms with Gasteiger partial charge in [-0.3, -0.25) is 10.1 Å². The van der Waals surface area contributed by atoms with Gasteiger partial charge in [0.15, 0.2) is 0 Å². The molecule has 4 heteroatoms. The first kappa shape index (κ1) is 14.2. The molecule has 2 N–H and O–H groups in total. The lowest BCUT2D eigenvalue weighted by Gasteiger charge is -2.29. The van der Waals surface area contributed by atoms with E-state index < -0.39 is 11.5 Å². The second-order valence-electron chi connectivity index (χ2n) is 4.75. The number of carbonyl (C=O) groups is 1. The lowest BCUT2D eigenvalue weighted by molar-refractivity contribution is -0.145.